The van der Waals surface area contributed by atoms with Crippen LogP contribution in [0.25, 0.3) is 0 Å². The van der Waals surface area contributed by atoms with E-state index in [9.17, 15) is 0 Å². The molecule has 2 aromatic rings. The van der Waals surface area contributed by atoms with Gasteiger partial charge in [-0.2, -0.15) is 5.26 Å². The van der Waals surface area contributed by atoms with Crippen molar-refractivity contribution < 1.29 is 4.74 Å². The Kier molecular flexibility index (Phi) is 4.01. The zero-order valence-corrected chi connectivity index (χ0v) is 11.6. The van der Waals surface area contributed by atoms with E-state index in [1.165, 1.54) is 0 Å². The maximum Gasteiger partial charge on any atom is 0.133 e. The zero-order valence-electron chi connectivity index (χ0n) is 9.98. The summed E-state index contributed by atoms with van der Waals surface area (Å²) in [5.41, 5.74) is 2.84. The molecule has 0 atom stereocenters. The van der Waals surface area contributed by atoms with Crippen molar-refractivity contribution in [3.8, 4) is 11.8 Å². The minimum atomic E-state index is 0.500. The van der Waals surface area contributed by atoms with Crippen LogP contribution >= 0.6 is 15.9 Å². The molecule has 2 rings (SSSR count). The molecule has 2 aromatic carbocycles. The first-order chi connectivity index (χ1) is 8.70. The molecule has 0 saturated carbocycles. The van der Waals surface area contributed by atoms with Crippen LogP contribution in [0.2, 0.25) is 0 Å². The van der Waals surface area contributed by atoms with Gasteiger partial charge in [0.1, 0.15) is 12.4 Å². The van der Waals surface area contributed by atoms with Crippen LogP contribution < -0.4 is 4.74 Å². The maximum absolute atomic E-state index is 8.81. The highest BCUT2D eigenvalue weighted by molar-refractivity contribution is 9.10. The van der Waals surface area contributed by atoms with Crippen molar-refractivity contribution in [1.29, 1.82) is 5.26 Å². The fourth-order valence-electron chi connectivity index (χ4n) is 1.64. The lowest BCUT2D eigenvalue weighted by Crippen LogP contribution is -1.98. The van der Waals surface area contributed by atoms with Crippen molar-refractivity contribution in [1.82, 2.24) is 0 Å². The number of ether oxygens (including phenoxy) is 1. The van der Waals surface area contributed by atoms with Gasteiger partial charge in [0.05, 0.1) is 16.1 Å². The Morgan fingerprint density at radius 3 is 2.67 bits per heavy atom. The number of halogens is 1. The number of rotatable bonds is 3. The van der Waals surface area contributed by atoms with Gasteiger partial charge in [0, 0.05) is 0 Å². The summed E-state index contributed by atoms with van der Waals surface area (Å²) in [7, 11) is 0. The SMILES string of the molecule is Cc1cc(C#N)ccc1COc1ccccc1Br. The highest BCUT2D eigenvalue weighted by Gasteiger charge is 2.03. The van der Waals surface area contributed by atoms with Gasteiger partial charge in [0.15, 0.2) is 0 Å². The third-order valence-electron chi connectivity index (χ3n) is 2.69. The normalized spacial score (nSPS) is 9.83. The molecule has 0 aliphatic heterocycles. The van der Waals surface area contributed by atoms with E-state index in [-0.39, 0.29) is 0 Å². The van der Waals surface area contributed by atoms with Crippen LogP contribution in [0.15, 0.2) is 46.9 Å². The van der Waals surface area contributed by atoms with Crippen LogP contribution in [0, 0.1) is 18.3 Å². The summed E-state index contributed by atoms with van der Waals surface area (Å²) < 4.78 is 6.69. The van der Waals surface area contributed by atoms with E-state index < -0.39 is 0 Å². The predicted molar refractivity (Wildman–Crippen MR) is 74.4 cm³/mol. The van der Waals surface area contributed by atoms with Crippen molar-refractivity contribution >= 4 is 15.9 Å². The molecule has 0 unspecified atom stereocenters. The summed E-state index contributed by atoms with van der Waals surface area (Å²) in [5.74, 6) is 0.821. The summed E-state index contributed by atoms with van der Waals surface area (Å²) in [4.78, 5) is 0. The van der Waals surface area contributed by atoms with Crippen LogP contribution in [-0.2, 0) is 6.61 Å². The van der Waals surface area contributed by atoms with Gasteiger partial charge in [-0.3, -0.25) is 0 Å². The second-order valence-electron chi connectivity index (χ2n) is 3.97. The lowest BCUT2D eigenvalue weighted by atomic mass is 10.1. The molecular weight excluding hydrogens is 290 g/mol. The van der Waals surface area contributed by atoms with Crippen LogP contribution in [0.5, 0.6) is 5.75 Å². The number of para-hydroxylation sites is 1. The van der Waals surface area contributed by atoms with E-state index in [4.69, 9.17) is 10.00 Å². The Bertz CT molecular complexity index is 602. The van der Waals surface area contributed by atoms with Crippen LogP contribution in [-0.4, -0.2) is 0 Å². The number of hydrogen-bond donors (Lipinski definition) is 0. The summed E-state index contributed by atoms with van der Waals surface area (Å²) in [5, 5.41) is 8.81. The molecule has 18 heavy (non-hydrogen) atoms. The fraction of sp³-hybridized carbons (Fsp3) is 0.133. The minimum Gasteiger partial charge on any atom is -0.488 e. The number of aryl methyl sites for hydroxylation is 1. The first kappa shape index (κ1) is 12.7. The largest absolute Gasteiger partial charge is 0.488 e. The molecule has 0 aliphatic rings. The van der Waals surface area contributed by atoms with E-state index in [2.05, 4.69) is 22.0 Å². The van der Waals surface area contributed by atoms with Gasteiger partial charge < -0.3 is 4.74 Å². The van der Waals surface area contributed by atoms with E-state index in [1.54, 1.807) is 0 Å². The van der Waals surface area contributed by atoms with Gasteiger partial charge in [-0.15, -0.1) is 0 Å². The molecule has 0 bridgehead atoms. The van der Waals surface area contributed by atoms with Crippen LogP contribution in [0.1, 0.15) is 16.7 Å². The number of benzene rings is 2. The maximum atomic E-state index is 8.81. The number of nitrogens with zero attached hydrogens (tertiary/aromatic N) is 1. The topological polar surface area (TPSA) is 33.0 Å². The number of hydrogen-bond acceptors (Lipinski definition) is 2. The van der Waals surface area contributed by atoms with Crippen molar-refractivity contribution in [2.24, 2.45) is 0 Å². The van der Waals surface area contributed by atoms with Crippen molar-refractivity contribution in [2.75, 3.05) is 0 Å². The third-order valence-corrected chi connectivity index (χ3v) is 3.35. The summed E-state index contributed by atoms with van der Waals surface area (Å²) >= 11 is 3.44. The molecule has 0 aromatic heterocycles. The second-order valence-corrected chi connectivity index (χ2v) is 4.83. The molecule has 0 fully saturated rings. The van der Waals surface area contributed by atoms with Crippen LogP contribution in [0.3, 0.4) is 0 Å². The lowest BCUT2D eigenvalue weighted by Gasteiger charge is -2.10. The summed E-state index contributed by atoms with van der Waals surface area (Å²) in [6, 6.07) is 15.5. The highest BCUT2D eigenvalue weighted by Crippen LogP contribution is 2.25. The first-order valence-corrected chi connectivity index (χ1v) is 6.37. The molecule has 2 nitrogen and oxygen atoms in total. The Morgan fingerprint density at radius 1 is 1.22 bits per heavy atom. The van der Waals surface area contributed by atoms with Gasteiger partial charge in [0.25, 0.3) is 0 Å². The molecule has 90 valence electrons. The quantitative estimate of drug-likeness (QED) is 0.851. The highest BCUT2D eigenvalue weighted by atomic mass is 79.9. The zero-order chi connectivity index (χ0) is 13.0. The smallest absolute Gasteiger partial charge is 0.133 e. The molecule has 0 N–H and O–H groups in total. The number of nitriles is 1. The minimum absolute atomic E-state index is 0.500. The Balaban J connectivity index is 2.12. The van der Waals surface area contributed by atoms with Gasteiger partial charge in [0.2, 0.25) is 0 Å². The molecule has 0 aliphatic carbocycles. The molecular formula is C15H12BrNO. The van der Waals surface area contributed by atoms with E-state index >= 15 is 0 Å². The van der Waals surface area contributed by atoms with Gasteiger partial charge >= 0.3 is 0 Å². The molecule has 3 heteroatoms. The van der Waals surface area contributed by atoms with Crippen LogP contribution in [0.4, 0.5) is 0 Å². The monoisotopic (exact) mass is 301 g/mol. The molecule has 0 amide bonds. The van der Waals surface area contributed by atoms with Crippen molar-refractivity contribution in [3.05, 3.63) is 63.6 Å². The lowest BCUT2D eigenvalue weighted by molar-refractivity contribution is 0.303. The van der Waals surface area contributed by atoms with E-state index in [1.807, 2.05) is 49.4 Å². The summed E-state index contributed by atoms with van der Waals surface area (Å²) in [6.45, 7) is 2.49. The first-order valence-electron chi connectivity index (χ1n) is 5.57. The summed E-state index contributed by atoms with van der Waals surface area (Å²) in [6.07, 6.45) is 0. The molecule has 0 spiro atoms. The molecule has 0 saturated heterocycles. The van der Waals surface area contributed by atoms with Gasteiger partial charge in [-0.1, -0.05) is 18.2 Å². The van der Waals surface area contributed by atoms with Gasteiger partial charge in [-0.25, -0.2) is 0 Å². The molecule has 0 heterocycles. The Morgan fingerprint density at radius 2 is 2.00 bits per heavy atom. The predicted octanol–water partition coefficient (Wildman–Crippen LogP) is 4.21. The van der Waals surface area contributed by atoms with E-state index in [0.29, 0.717) is 12.2 Å². The fourth-order valence-corrected chi connectivity index (χ4v) is 2.04. The standard InChI is InChI=1S/C15H12BrNO/c1-11-8-12(9-17)6-7-13(11)10-18-15-5-3-2-4-14(15)16/h2-8H,10H2,1H3. The van der Waals surface area contributed by atoms with E-state index in [0.717, 1.165) is 21.3 Å². The third kappa shape index (κ3) is 2.91. The molecule has 0 radical (unpaired) electrons. The second kappa shape index (κ2) is 5.70. The Labute approximate surface area is 115 Å². The van der Waals surface area contributed by atoms with Gasteiger partial charge in [-0.05, 0) is 58.2 Å². The average molecular weight is 302 g/mol. The van der Waals surface area contributed by atoms with Crippen molar-refractivity contribution in [2.45, 2.75) is 13.5 Å². The van der Waals surface area contributed by atoms with Crippen molar-refractivity contribution in [3.63, 3.8) is 0 Å². The Hall–Kier alpha value is -1.79. The average Bonchev–Trinajstić information content (AvgIpc) is 2.39.